The summed E-state index contributed by atoms with van der Waals surface area (Å²) < 4.78 is 5.20. The Morgan fingerprint density at radius 2 is 2.00 bits per heavy atom. The van der Waals surface area contributed by atoms with E-state index in [1.54, 1.807) is 4.90 Å². The molecule has 80 valence electrons. The first-order valence-corrected chi connectivity index (χ1v) is 4.95. The third-order valence-electron chi connectivity index (χ3n) is 2.51. The van der Waals surface area contributed by atoms with Crippen LogP contribution < -0.4 is 18.9 Å². The van der Waals surface area contributed by atoms with E-state index in [0.29, 0.717) is 12.2 Å². The molecule has 2 rings (SSSR count). The fraction of sp³-hybridized carbons (Fsp3) is 0.333. The van der Waals surface area contributed by atoms with E-state index in [-0.39, 0.29) is 30.3 Å². The third-order valence-corrected chi connectivity index (χ3v) is 2.51. The molecule has 3 nitrogen and oxygen atoms in total. The van der Waals surface area contributed by atoms with E-state index < -0.39 is 0 Å². The van der Waals surface area contributed by atoms with Crippen molar-refractivity contribution >= 4 is 5.91 Å². The van der Waals surface area contributed by atoms with Crippen molar-refractivity contribution in [3.05, 3.63) is 42.6 Å². The zero-order valence-electron chi connectivity index (χ0n) is 9.93. The topological polar surface area (TPSA) is 29.5 Å². The van der Waals surface area contributed by atoms with Crippen LogP contribution >= 0.6 is 0 Å². The van der Waals surface area contributed by atoms with Crippen LogP contribution in [0.2, 0.25) is 0 Å². The Labute approximate surface area is 108 Å². The van der Waals surface area contributed by atoms with Crippen LogP contribution in [-0.2, 0) is 4.74 Å². The van der Waals surface area contributed by atoms with Crippen LogP contribution in [0, 0.1) is 6.73 Å². The van der Waals surface area contributed by atoms with Crippen molar-refractivity contribution in [1.82, 2.24) is 4.90 Å². The second-order valence-electron chi connectivity index (χ2n) is 4.27. The molecule has 0 aromatic heterocycles. The van der Waals surface area contributed by atoms with Crippen molar-refractivity contribution in [3.8, 4) is 0 Å². The molecule has 1 aromatic rings. The van der Waals surface area contributed by atoms with Gasteiger partial charge in [0.05, 0.1) is 0 Å². The van der Waals surface area contributed by atoms with Gasteiger partial charge in [0.25, 0.3) is 0 Å². The molecule has 0 unspecified atom stereocenters. The summed E-state index contributed by atoms with van der Waals surface area (Å²) >= 11 is 0. The first-order chi connectivity index (χ1) is 7.11. The minimum absolute atomic E-state index is 0. The maximum Gasteiger partial charge on any atom is 1.00 e. The molecule has 0 radical (unpaired) electrons. The average Bonchev–Trinajstić information content (AvgIpc) is 2.58. The third kappa shape index (κ3) is 2.49. The van der Waals surface area contributed by atoms with Gasteiger partial charge in [0.2, 0.25) is 5.91 Å². The van der Waals surface area contributed by atoms with Crippen molar-refractivity contribution < 1.29 is 28.4 Å². The Morgan fingerprint density at radius 1 is 1.38 bits per heavy atom. The molecule has 1 aliphatic heterocycles. The number of rotatable bonds is 1. The summed E-state index contributed by atoms with van der Waals surface area (Å²) in [4.78, 5) is 13.7. The molecule has 0 N–H and O–H groups in total. The predicted molar refractivity (Wildman–Crippen MR) is 56.9 cm³/mol. The van der Waals surface area contributed by atoms with E-state index in [9.17, 15) is 4.79 Å². The van der Waals surface area contributed by atoms with E-state index in [1.807, 2.05) is 44.2 Å². The summed E-state index contributed by atoms with van der Waals surface area (Å²) in [6, 6.07) is 9.23. The number of hydrogen-bond donors (Lipinski definition) is 0. The standard InChI is InChI=1S/C12H14NO2.Li/c1-12(2)8-15-9-13(12)11(14)10-6-4-3-5-7-10;/h3-7,9H,8H2,1-2H3;/q-1;+1. The first kappa shape index (κ1) is 13.3. The number of carbonyl (C=O) groups excluding carboxylic acids is 1. The molecule has 1 aliphatic rings. The molecule has 16 heavy (non-hydrogen) atoms. The quantitative estimate of drug-likeness (QED) is 0.443. The summed E-state index contributed by atoms with van der Waals surface area (Å²) in [6.45, 7) is 6.02. The summed E-state index contributed by atoms with van der Waals surface area (Å²) in [7, 11) is 0. The molecule has 0 spiro atoms. The van der Waals surface area contributed by atoms with Crippen LogP contribution in [0.4, 0.5) is 0 Å². The van der Waals surface area contributed by atoms with Crippen molar-refractivity contribution in [1.29, 1.82) is 0 Å². The molecule has 1 amide bonds. The van der Waals surface area contributed by atoms with Gasteiger partial charge in [0.1, 0.15) is 0 Å². The Bertz CT molecular complexity index is 365. The second-order valence-corrected chi connectivity index (χ2v) is 4.27. The van der Waals surface area contributed by atoms with E-state index in [2.05, 4.69) is 0 Å². The van der Waals surface area contributed by atoms with E-state index in [4.69, 9.17) is 4.74 Å². The zero-order valence-corrected chi connectivity index (χ0v) is 9.93. The van der Waals surface area contributed by atoms with Crippen LogP contribution in [0.15, 0.2) is 30.3 Å². The van der Waals surface area contributed by atoms with Gasteiger partial charge in [-0.1, -0.05) is 18.2 Å². The van der Waals surface area contributed by atoms with Gasteiger partial charge in [0, 0.05) is 17.7 Å². The molecule has 0 atom stereocenters. The van der Waals surface area contributed by atoms with Gasteiger partial charge in [0.15, 0.2) is 0 Å². The maximum atomic E-state index is 12.1. The van der Waals surface area contributed by atoms with Gasteiger partial charge >= 0.3 is 18.9 Å². The molecule has 0 bridgehead atoms. The summed E-state index contributed by atoms with van der Waals surface area (Å²) in [5.41, 5.74) is 0.430. The van der Waals surface area contributed by atoms with Crippen LogP contribution in [-0.4, -0.2) is 23.0 Å². The molecule has 1 fully saturated rings. The normalized spacial score (nSPS) is 18.0. The number of hydrogen-bond acceptors (Lipinski definition) is 2. The van der Waals surface area contributed by atoms with Crippen LogP contribution in [0.5, 0.6) is 0 Å². The van der Waals surface area contributed by atoms with E-state index in [1.165, 1.54) is 6.73 Å². The first-order valence-electron chi connectivity index (χ1n) is 4.95. The molecular formula is C12H14LiNO2. The predicted octanol–water partition coefficient (Wildman–Crippen LogP) is -0.939. The van der Waals surface area contributed by atoms with Crippen molar-refractivity contribution in [2.75, 3.05) is 6.61 Å². The number of benzene rings is 1. The Kier molecular flexibility index (Phi) is 4.20. The smallest absolute Gasteiger partial charge is 0.530 e. The fourth-order valence-corrected chi connectivity index (χ4v) is 1.57. The second kappa shape index (κ2) is 5.05. The number of nitrogens with zero attached hydrogens (tertiary/aromatic N) is 1. The maximum absolute atomic E-state index is 12.1. The minimum Gasteiger partial charge on any atom is -0.530 e. The molecule has 1 heterocycles. The van der Waals surface area contributed by atoms with Crippen molar-refractivity contribution in [2.24, 2.45) is 0 Å². The molecular weight excluding hydrogens is 197 g/mol. The van der Waals surface area contributed by atoms with Gasteiger partial charge in [-0.3, -0.25) is 4.79 Å². The van der Waals surface area contributed by atoms with E-state index >= 15 is 0 Å². The van der Waals surface area contributed by atoms with Crippen LogP contribution in [0.1, 0.15) is 24.2 Å². The molecule has 1 aromatic carbocycles. The zero-order chi connectivity index (χ0) is 10.9. The van der Waals surface area contributed by atoms with Gasteiger partial charge in [-0.15, -0.1) is 6.73 Å². The van der Waals surface area contributed by atoms with Crippen LogP contribution in [0.25, 0.3) is 0 Å². The Balaban J connectivity index is 0.00000128. The fourth-order valence-electron chi connectivity index (χ4n) is 1.57. The molecule has 4 heteroatoms. The van der Waals surface area contributed by atoms with Crippen LogP contribution in [0.3, 0.4) is 0 Å². The Hall–Kier alpha value is -0.753. The monoisotopic (exact) mass is 211 g/mol. The van der Waals surface area contributed by atoms with Crippen molar-refractivity contribution in [2.45, 2.75) is 19.4 Å². The summed E-state index contributed by atoms with van der Waals surface area (Å²) in [5, 5.41) is 0. The summed E-state index contributed by atoms with van der Waals surface area (Å²) in [5.74, 6) is -0.0156. The van der Waals surface area contributed by atoms with E-state index in [0.717, 1.165) is 0 Å². The minimum atomic E-state index is -0.257. The largest absolute Gasteiger partial charge is 1.00 e. The summed E-state index contributed by atoms with van der Waals surface area (Å²) in [6.07, 6.45) is 0. The molecule has 0 aliphatic carbocycles. The molecule has 0 saturated carbocycles. The number of amides is 1. The Morgan fingerprint density at radius 3 is 2.50 bits per heavy atom. The van der Waals surface area contributed by atoms with Gasteiger partial charge in [-0.25, -0.2) is 0 Å². The van der Waals surface area contributed by atoms with Gasteiger partial charge < -0.3 is 9.64 Å². The SMILES string of the molecule is CC1(C)CO[CH-]N1C(=O)c1ccccc1.[Li+]. The molecule has 1 saturated heterocycles. The number of carbonyl (C=O) groups is 1. The van der Waals surface area contributed by atoms with Gasteiger partial charge in [-0.05, 0) is 26.0 Å². The van der Waals surface area contributed by atoms with Crippen molar-refractivity contribution in [3.63, 3.8) is 0 Å². The number of ether oxygens (including phenoxy) is 1. The van der Waals surface area contributed by atoms with Gasteiger partial charge in [-0.2, -0.15) is 0 Å². The average molecular weight is 211 g/mol.